The van der Waals surface area contributed by atoms with E-state index in [9.17, 15) is 0 Å². The Kier molecular flexibility index (Phi) is 2.22. The molecule has 3 heteroatoms. The van der Waals surface area contributed by atoms with Gasteiger partial charge < -0.3 is 6.15 Å². The number of fused-ring (bicyclic) bond motifs is 1. The van der Waals surface area contributed by atoms with Crippen molar-refractivity contribution >= 4 is 21.6 Å². The van der Waals surface area contributed by atoms with Gasteiger partial charge in [0.1, 0.15) is 0 Å². The molecule has 1 heterocycles. The lowest BCUT2D eigenvalue weighted by Gasteiger charge is -1.90. The minimum atomic E-state index is 0. The van der Waals surface area contributed by atoms with Crippen molar-refractivity contribution in [3.8, 4) is 0 Å². The summed E-state index contributed by atoms with van der Waals surface area (Å²) in [5.41, 5.74) is 4.30. The monoisotopic (exact) mass is 166 g/mol. The van der Waals surface area contributed by atoms with Crippen LogP contribution in [0.1, 0.15) is 5.56 Å². The minimum absolute atomic E-state index is 0. The van der Waals surface area contributed by atoms with Crippen LogP contribution < -0.4 is 6.15 Å². The van der Waals surface area contributed by atoms with E-state index in [1.807, 2.05) is 5.51 Å². The van der Waals surface area contributed by atoms with Gasteiger partial charge in [-0.25, -0.2) is 4.98 Å². The third kappa shape index (κ3) is 1.25. The number of thiazole rings is 1. The number of hydrogen-bond donors (Lipinski definition) is 1. The molecule has 0 aliphatic carbocycles. The van der Waals surface area contributed by atoms with Gasteiger partial charge in [0.05, 0.1) is 15.7 Å². The van der Waals surface area contributed by atoms with E-state index >= 15 is 0 Å². The molecular weight excluding hydrogens is 156 g/mol. The molecule has 0 amide bonds. The molecule has 0 saturated carbocycles. The Balaban J connectivity index is 0.000000605. The van der Waals surface area contributed by atoms with E-state index in [4.69, 9.17) is 0 Å². The standard InChI is InChI=1S/C8H7NS.H3N/c1-6-3-2-4-7-8(6)9-5-10-7;/h2-5H,1H3;1H3. The zero-order valence-corrected chi connectivity index (χ0v) is 7.19. The smallest absolute Gasteiger partial charge is 0.0841 e. The average Bonchev–Trinajstić information content (AvgIpc) is 2.36. The quantitative estimate of drug-likeness (QED) is 0.654. The lowest BCUT2D eigenvalue weighted by atomic mass is 10.2. The average molecular weight is 166 g/mol. The molecule has 2 nitrogen and oxygen atoms in total. The van der Waals surface area contributed by atoms with E-state index in [1.54, 1.807) is 11.3 Å². The largest absolute Gasteiger partial charge is 0.344 e. The highest BCUT2D eigenvalue weighted by atomic mass is 32.1. The van der Waals surface area contributed by atoms with Gasteiger partial charge in [0.15, 0.2) is 0 Å². The van der Waals surface area contributed by atoms with E-state index in [2.05, 4.69) is 30.1 Å². The molecule has 11 heavy (non-hydrogen) atoms. The minimum Gasteiger partial charge on any atom is -0.344 e. The number of benzene rings is 1. The first-order valence-electron chi connectivity index (χ1n) is 3.17. The first kappa shape index (κ1) is 8.17. The van der Waals surface area contributed by atoms with Crippen LogP contribution in [0.25, 0.3) is 10.2 Å². The highest BCUT2D eigenvalue weighted by Gasteiger charge is 1.96. The number of para-hydroxylation sites is 1. The molecule has 0 aliphatic heterocycles. The third-order valence-corrected chi connectivity index (χ3v) is 2.36. The summed E-state index contributed by atoms with van der Waals surface area (Å²) in [4.78, 5) is 4.24. The lowest BCUT2D eigenvalue weighted by Crippen LogP contribution is -1.72. The van der Waals surface area contributed by atoms with E-state index in [-0.39, 0.29) is 6.15 Å². The fraction of sp³-hybridized carbons (Fsp3) is 0.125. The van der Waals surface area contributed by atoms with Crippen LogP contribution in [0.5, 0.6) is 0 Å². The summed E-state index contributed by atoms with van der Waals surface area (Å²) in [6.45, 7) is 2.09. The van der Waals surface area contributed by atoms with Gasteiger partial charge in [0.2, 0.25) is 0 Å². The summed E-state index contributed by atoms with van der Waals surface area (Å²) in [5.74, 6) is 0. The summed E-state index contributed by atoms with van der Waals surface area (Å²) in [7, 11) is 0. The molecule has 2 rings (SSSR count). The van der Waals surface area contributed by atoms with Crippen LogP contribution in [-0.4, -0.2) is 4.98 Å². The molecule has 0 fully saturated rings. The normalized spacial score (nSPS) is 9.55. The summed E-state index contributed by atoms with van der Waals surface area (Å²) in [6.07, 6.45) is 0. The Morgan fingerprint density at radius 1 is 1.36 bits per heavy atom. The molecule has 0 bridgehead atoms. The number of aryl methyl sites for hydroxylation is 1. The van der Waals surface area contributed by atoms with Gasteiger partial charge >= 0.3 is 0 Å². The van der Waals surface area contributed by atoms with Crippen molar-refractivity contribution in [2.24, 2.45) is 0 Å². The third-order valence-electron chi connectivity index (χ3n) is 1.56. The van der Waals surface area contributed by atoms with Crippen LogP contribution in [0.15, 0.2) is 23.7 Å². The fourth-order valence-corrected chi connectivity index (χ4v) is 1.78. The van der Waals surface area contributed by atoms with Crippen molar-refractivity contribution in [3.05, 3.63) is 29.3 Å². The fourth-order valence-electron chi connectivity index (χ4n) is 1.03. The highest BCUT2D eigenvalue weighted by molar-refractivity contribution is 7.16. The summed E-state index contributed by atoms with van der Waals surface area (Å²) in [6, 6.07) is 6.25. The maximum Gasteiger partial charge on any atom is 0.0841 e. The van der Waals surface area contributed by atoms with E-state index in [1.165, 1.54) is 10.3 Å². The molecule has 0 atom stereocenters. The van der Waals surface area contributed by atoms with Crippen LogP contribution in [0.4, 0.5) is 0 Å². The van der Waals surface area contributed by atoms with Crippen molar-refractivity contribution in [1.29, 1.82) is 0 Å². The van der Waals surface area contributed by atoms with Crippen molar-refractivity contribution in [2.45, 2.75) is 6.92 Å². The van der Waals surface area contributed by atoms with Gasteiger partial charge in [0.25, 0.3) is 0 Å². The van der Waals surface area contributed by atoms with Gasteiger partial charge in [-0.3, -0.25) is 0 Å². The molecule has 2 aromatic rings. The number of aromatic nitrogens is 1. The van der Waals surface area contributed by atoms with Gasteiger partial charge in [0, 0.05) is 0 Å². The Morgan fingerprint density at radius 3 is 2.91 bits per heavy atom. The highest BCUT2D eigenvalue weighted by Crippen LogP contribution is 2.19. The number of hydrogen-bond acceptors (Lipinski definition) is 3. The van der Waals surface area contributed by atoms with E-state index in [0.717, 1.165) is 5.52 Å². The summed E-state index contributed by atoms with van der Waals surface area (Å²) in [5, 5.41) is 0. The van der Waals surface area contributed by atoms with E-state index < -0.39 is 0 Å². The molecule has 0 spiro atoms. The molecule has 3 N–H and O–H groups in total. The molecule has 1 aromatic heterocycles. The molecule has 0 saturated heterocycles. The van der Waals surface area contributed by atoms with Crippen molar-refractivity contribution < 1.29 is 0 Å². The van der Waals surface area contributed by atoms with Crippen LogP contribution in [0, 0.1) is 6.92 Å². The molecular formula is C8H10N2S. The van der Waals surface area contributed by atoms with Crippen LogP contribution in [0.3, 0.4) is 0 Å². The number of rotatable bonds is 0. The number of nitrogens with zero attached hydrogens (tertiary/aromatic N) is 1. The zero-order valence-electron chi connectivity index (χ0n) is 6.37. The summed E-state index contributed by atoms with van der Waals surface area (Å²) < 4.78 is 1.28. The second-order valence-corrected chi connectivity index (χ2v) is 3.16. The van der Waals surface area contributed by atoms with Crippen molar-refractivity contribution in [3.63, 3.8) is 0 Å². The Hall–Kier alpha value is -0.930. The van der Waals surface area contributed by atoms with Crippen molar-refractivity contribution in [1.82, 2.24) is 11.1 Å². The molecule has 0 unspecified atom stereocenters. The maximum absolute atomic E-state index is 4.24. The van der Waals surface area contributed by atoms with Gasteiger partial charge in [-0.05, 0) is 18.6 Å². The predicted molar refractivity (Wildman–Crippen MR) is 49.4 cm³/mol. The Labute approximate surface area is 69.5 Å². The van der Waals surface area contributed by atoms with Gasteiger partial charge in [-0.2, -0.15) is 0 Å². The first-order chi connectivity index (χ1) is 4.88. The Morgan fingerprint density at radius 2 is 2.18 bits per heavy atom. The van der Waals surface area contributed by atoms with Crippen molar-refractivity contribution in [2.75, 3.05) is 0 Å². The molecule has 58 valence electrons. The second-order valence-electron chi connectivity index (χ2n) is 2.27. The maximum atomic E-state index is 4.24. The predicted octanol–water partition coefficient (Wildman–Crippen LogP) is 2.77. The first-order valence-corrected chi connectivity index (χ1v) is 4.05. The SMILES string of the molecule is Cc1cccc2scnc12.N. The van der Waals surface area contributed by atoms with Gasteiger partial charge in [-0.15, -0.1) is 11.3 Å². The second kappa shape index (κ2) is 2.98. The topological polar surface area (TPSA) is 47.9 Å². The summed E-state index contributed by atoms with van der Waals surface area (Å²) >= 11 is 1.69. The Bertz CT molecular complexity index is 354. The van der Waals surface area contributed by atoms with Gasteiger partial charge in [-0.1, -0.05) is 12.1 Å². The lowest BCUT2D eigenvalue weighted by molar-refractivity contribution is 1.43. The molecule has 0 aliphatic rings. The molecule has 1 aromatic carbocycles. The zero-order chi connectivity index (χ0) is 6.97. The molecule has 0 radical (unpaired) electrons. The van der Waals surface area contributed by atoms with Crippen LogP contribution in [-0.2, 0) is 0 Å². The van der Waals surface area contributed by atoms with Crippen LogP contribution >= 0.6 is 11.3 Å². The van der Waals surface area contributed by atoms with E-state index in [0.29, 0.717) is 0 Å². The van der Waals surface area contributed by atoms with Crippen LogP contribution in [0.2, 0.25) is 0 Å².